The van der Waals surface area contributed by atoms with Crippen molar-refractivity contribution < 1.29 is 14.4 Å². The fourth-order valence-electron chi connectivity index (χ4n) is 2.16. The summed E-state index contributed by atoms with van der Waals surface area (Å²) in [6.45, 7) is 1.66. The summed E-state index contributed by atoms with van der Waals surface area (Å²) in [5.74, 6) is 1.54. The quantitative estimate of drug-likeness (QED) is 0.535. The lowest BCUT2D eigenvalue weighted by Gasteiger charge is -2.17. The van der Waals surface area contributed by atoms with Crippen LogP contribution in [0.4, 0.5) is 5.69 Å². The molecule has 0 saturated heterocycles. The molecule has 0 amide bonds. The minimum absolute atomic E-state index is 0.0392. The van der Waals surface area contributed by atoms with E-state index in [9.17, 15) is 10.1 Å². The second-order valence-corrected chi connectivity index (χ2v) is 5.70. The van der Waals surface area contributed by atoms with Crippen LogP contribution in [0.5, 0.6) is 11.5 Å². The highest BCUT2D eigenvalue weighted by Crippen LogP contribution is 2.23. The molecule has 0 fully saturated rings. The Hall–Kier alpha value is -2.31. The molecule has 0 N–H and O–H groups in total. The fraction of sp³-hybridized carbons (Fsp3) is 0.294. The Morgan fingerprint density at radius 2 is 1.83 bits per heavy atom. The molecule has 7 heteroatoms. The van der Waals surface area contributed by atoms with Gasteiger partial charge in [0, 0.05) is 30.2 Å². The molecule has 2 aromatic rings. The lowest BCUT2D eigenvalue weighted by Crippen LogP contribution is -2.24. The van der Waals surface area contributed by atoms with Crippen LogP contribution in [-0.2, 0) is 6.54 Å². The number of halogens is 1. The van der Waals surface area contributed by atoms with Crippen LogP contribution >= 0.6 is 11.6 Å². The molecule has 0 unspecified atom stereocenters. The van der Waals surface area contributed by atoms with Crippen molar-refractivity contribution in [3.8, 4) is 11.5 Å². The predicted molar refractivity (Wildman–Crippen MR) is 92.9 cm³/mol. The largest absolute Gasteiger partial charge is 0.497 e. The maximum absolute atomic E-state index is 10.8. The highest BCUT2D eigenvalue weighted by Gasteiger charge is 2.11. The molecule has 0 aliphatic carbocycles. The minimum atomic E-state index is -0.424. The summed E-state index contributed by atoms with van der Waals surface area (Å²) >= 11 is 6.11. The summed E-state index contributed by atoms with van der Waals surface area (Å²) < 4.78 is 10.8. The van der Waals surface area contributed by atoms with Gasteiger partial charge in [0.25, 0.3) is 5.69 Å². The summed E-state index contributed by atoms with van der Waals surface area (Å²) in [7, 11) is 3.52. The van der Waals surface area contributed by atoms with E-state index in [1.165, 1.54) is 12.1 Å². The standard InChI is InChI=1S/C17H19ClN2O4/c1-19(9-10-24-16-6-4-15(23-2)5-7-16)12-13-11-14(20(21)22)3-8-17(13)18/h3-8,11H,9-10,12H2,1-2H3. The third-order valence-corrected chi connectivity index (χ3v) is 3.85. The Balaban J connectivity index is 1.85. The van der Waals surface area contributed by atoms with Crippen LogP contribution in [0, 0.1) is 10.1 Å². The van der Waals surface area contributed by atoms with Gasteiger partial charge in [-0.1, -0.05) is 11.6 Å². The number of hydrogen-bond donors (Lipinski definition) is 0. The lowest BCUT2D eigenvalue weighted by atomic mass is 10.2. The van der Waals surface area contributed by atoms with Crippen LogP contribution in [0.3, 0.4) is 0 Å². The zero-order chi connectivity index (χ0) is 17.5. The average molecular weight is 351 g/mol. The van der Waals surface area contributed by atoms with Crippen LogP contribution in [0.2, 0.25) is 5.02 Å². The summed E-state index contributed by atoms with van der Waals surface area (Å²) in [6, 6.07) is 11.8. The SMILES string of the molecule is COc1ccc(OCCN(C)Cc2cc([N+](=O)[O-])ccc2Cl)cc1. The van der Waals surface area contributed by atoms with Gasteiger partial charge >= 0.3 is 0 Å². The second-order valence-electron chi connectivity index (χ2n) is 5.29. The molecule has 0 heterocycles. The Kier molecular flexibility index (Phi) is 6.40. The highest BCUT2D eigenvalue weighted by molar-refractivity contribution is 6.31. The Morgan fingerprint density at radius 1 is 1.17 bits per heavy atom. The van der Waals surface area contributed by atoms with Crippen molar-refractivity contribution in [3.05, 3.63) is 63.2 Å². The fourth-order valence-corrected chi connectivity index (χ4v) is 2.33. The molecular weight excluding hydrogens is 332 g/mol. The van der Waals surface area contributed by atoms with Gasteiger partial charge in [-0.15, -0.1) is 0 Å². The van der Waals surface area contributed by atoms with E-state index >= 15 is 0 Å². The van der Waals surface area contributed by atoms with Gasteiger partial charge in [-0.3, -0.25) is 15.0 Å². The number of hydrogen-bond acceptors (Lipinski definition) is 5. The van der Waals surface area contributed by atoms with Gasteiger partial charge in [-0.25, -0.2) is 0 Å². The van der Waals surface area contributed by atoms with Crippen LogP contribution in [-0.4, -0.2) is 37.1 Å². The molecule has 0 radical (unpaired) electrons. The van der Waals surface area contributed by atoms with Crippen molar-refractivity contribution in [2.45, 2.75) is 6.54 Å². The number of non-ortho nitro benzene ring substituents is 1. The van der Waals surface area contributed by atoms with E-state index < -0.39 is 4.92 Å². The van der Waals surface area contributed by atoms with E-state index in [2.05, 4.69) is 0 Å². The molecule has 0 saturated carbocycles. The van der Waals surface area contributed by atoms with E-state index in [1.54, 1.807) is 13.2 Å². The zero-order valence-corrected chi connectivity index (χ0v) is 14.3. The molecule has 0 aromatic heterocycles. The van der Waals surface area contributed by atoms with Crippen molar-refractivity contribution >= 4 is 17.3 Å². The molecule has 0 spiro atoms. The molecular formula is C17H19ClN2O4. The van der Waals surface area contributed by atoms with Gasteiger partial charge in [0.05, 0.1) is 12.0 Å². The molecule has 24 heavy (non-hydrogen) atoms. The monoisotopic (exact) mass is 350 g/mol. The number of benzene rings is 2. The van der Waals surface area contributed by atoms with Gasteiger partial charge in [0.15, 0.2) is 0 Å². The van der Waals surface area contributed by atoms with Gasteiger partial charge in [0.1, 0.15) is 18.1 Å². The normalized spacial score (nSPS) is 10.7. The molecule has 2 aromatic carbocycles. The maximum Gasteiger partial charge on any atom is 0.269 e. The van der Waals surface area contributed by atoms with E-state index in [1.807, 2.05) is 36.2 Å². The first-order valence-electron chi connectivity index (χ1n) is 7.38. The second kappa shape index (κ2) is 8.52. The van der Waals surface area contributed by atoms with Crippen LogP contribution in [0.15, 0.2) is 42.5 Å². The van der Waals surface area contributed by atoms with Crippen molar-refractivity contribution in [2.24, 2.45) is 0 Å². The van der Waals surface area contributed by atoms with Gasteiger partial charge in [0.2, 0.25) is 0 Å². The number of methoxy groups -OCH3 is 1. The summed E-state index contributed by atoms with van der Waals surface area (Å²) in [5.41, 5.74) is 0.759. The minimum Gasteiger partial charge on any atom is -0.497 e. The molecule has 6 nitrogen and oxygen atoms in total. The Bertz CT molecular complexity index is 691. The number of nitro benzene ring substituents is 1. The van der Waals surface area contributed by atoms with Crippen LogP contribution < -0.4 is 9.47 Å². The van der Waals surface area contributed by atoms with E-state index in [-0.39, 0.29) is 5.69 Å². The summed E-state index contributed by atoms with van der Waals surface area (Å²) in [4.78, 5) is 12.4. The Morgan fingerprint density at radius 3 is 2.46 bits per heavy atom. The van der Waals surface area contributed by atoms with Gasteiger partial charge < -0.3 is 9.47 Å². The van der Waals surface area contributed by atoms with Crippen molar-refractivity contribution in [2.75, 3.05) is 27.3 Å². The van der Waals surface area contributed by atoms with E-state index in [0.29, 0.717) is 24.7 Å². The van der Waals surface area contributed by atoms with Gasteiger partial charge in [-0.2, -0.15) is 0 Å². The first kappa shape index (κ1) is 18.0. The Labute approximate surface area is 145 Å². The van der Waals surface area contributed by atoms with Crippen molar-refractivity contribution in [3.63, 3.8) is 0 Å². The number of ether oxygens (including phenoxy) is 2. The predicted octanol–water partition coefficient (Wildman–Crippen LogP) is 3.77. The lowest BCUT2D eigenvalue weighted by molar-refractivity contribution is -0.384. The third kappa shape index (κ3) is 5.11. The van der Waals surface area contributed by atoms with Crippen LogP contribution in [0.1, 0.15) is 5.56 Å². The molecule has 0 bridgehead atoms. The van der Waals surface area contributed by atoms with Crippen molar-refractivity contribution in [1.82, 2.24) is 4.90 Å². The highest BCUT2D eigenvalue weighted by atomic mass is 35.5. The number of likely N-dealkylation sites (N-methyl/N-ethyl adjacent to an activating group) is 1. The molecule has 0 aliphatic rings. The van der Waals surface area contributed by atoms with Gasteiger partial charge in [-0.05, 0) is 42.9 Å². The third-order valence-electron chi connectivity index (χ3n) is 3.48. The molecule has 2 rings (SSSR count). The molecule has 128 valence electrons. The number of nitro groups is 1. The average Bonchev–Trinajstić information content (AvgIpc) is 2.57. The first-order chi connectivity index (χ1) is 11.5. The van der Waals surface area contributed by atoms with E-state index in [4.69, 9.17) is 21.1 Å². The van der Waals surface area contributed by atoms with Crippen molar-refractivity contribution in [1.29, 1.82) is 0 Å². The first-order valence-corrected chi connectivity index (χ1v) is 7.75. The number of nitrogens with zero attached hydrogens (tertiary/aromatic N) is 2. The summed E-state index contributed by atoms with van der Waals surface area (Å²) in [5, 5.41) is 11.4. The zero-order valence-electron chi connectivity index (χ0n) is 13.6. The smallest absolute Gasteiger partial charge is 0.269 e. The van der Waals surface area contributed by atoms with Crippen LogP contribution in [0.25, 0.3) is 0 Å². The molecule has 0 aliphatic heterocycles. The van der Waals surface area contributed by atoms with E-state index in [0.717, 1.165) is 17.1 Å². The molecule has 0 atom stereocenters. The summed E-state index contributed by atoms with van der Waals surface area (Å²) in [6.07, 6.45) is 0. The number of rotatable bonds is 8. The maximum atomic E-state index is 10.8. The topological polar surface area (TPSA) is 64.8 Å².